The molecule has 1 saturated heterocycles. The molecule has 0 atom stereocenters. The van der Waals surface area contributed by atoms with Crippen molar-refractivity contribution in [3.8, 4) is 0 Å². The van der Waals surface area contributed by atoms with Gasteiger partial charge in [0.1, 0.15) is 0 Å². The summed E-state index contributed by atoms with van der Waals surface area (Å²) in [5, 5.41) is 0. The number of hydrogen-bond donors (Lipinski definition) is 6. The second-order valence-electron chi connectivity index (χ2n) is 4.53. The maximum absolute atomic E-state index is 5.84. The van der Waals surface area contributed by atoms with E-state index in [9.17, 15) is 0 Å². The van der Waals surface area contributed by atoms with Crippen LogP contribution in [0.15, 0.2) is 0 Å². The molecule has 0 spiro atoms. The van der Waals surface area contributed by atoms with Crippen LogP contribution in [0.25, 0.3) is 0 Å². The maximum Gasteiger partial charge on any atom is 0.328 e. The van der Waals surface area contributed by atoms with Gasteiger partial charge in [-0.3, -0.25) is 4.74 Å². The van der Waals surface area contributed by atoms with E-state index in [1.54, 1.807) is 13.8 Å². The van der Waals surface area contributed by atoms with Crippen LogP contribution in [0.4, 0.5) is 0 Å². The average Bonchev–Trinajstić information content (AvgIpc) is 1.98. The summed E-state index contributed by atoms with van der Waals surface area (Å²) in [6, 6.07) is 0. The fraction of sp³-hybridized carbons (Fsp3) is 1.00. The Labute approximate surface area is 93.1 Å². The predicted octanol–water partition coefficient (Wildman–Crippen LogP) is -3.79. The van der Waals surface area contributed by atoms with Crippen molar-refractivity contribution in [1.29, 1.82) is 0 Å². The lowest BCUT2D eigenvalue weighted by Gasteiger charge is -2.46. The summed E-state index contributed by atoms with van der Waals surface area (Å²) in [5.74, 6) is 34.3. The lowest BCUT2D eigenvalue weighted by molar-refractivity contribution is -1.43. The standard InChI is InChI=1S/C5H22N9O2/c1-5(2)12(6,7)3-15-4-13(8,9)16-14(5,10)11/h3-4,6-11H2,1-2H3/q+3. The van der Waals surface area contributed by atoms with Crippen molar-refractivity contribution in [3.05, 3.63) is 0 Å². The van der Waals surface area contributed by atoms with Gasteiger partial charge in [0.05, 0.1) is 23.7 Å². The number of hydrogen-bond acceptors (Lipinski definition) is 8. The van der Waals surface area contributed by atoms with Gasteiger partial charge in [-0.1, -0.05) is 4.70 Å². The van der Waals surface area contributed by atoms with E-state index >= 15 is 0 Å². The molecule has 12 N–H and O–H groups in total. The Morgan fingerprint density at radius 2 is 1.44 bits per heavy atom. The summed E-state index contributed by atoms with van der Waals surface area (Å²) in [6.07, 6.45) is 0. The highest BCUT2D eigenvalue weighted by Gasteiger charge is 2.63. The monoisotopic (exact) mass is 240 g/mol. The molecule has 16 heavy (non-hydrogen) atoms. The van der Waals surface area contributed by atoms with Crippen molar-refractivity contribution < 1.29 is 24.1 Å². The first-order valence-corrected chi connectivity index (χ1v) is 4.57. The van der Waals surface area contributed by atoms with E-state index in [1.807, 2.05) is 0 Å². The molecule has 11 nitrogen and oxygen atoms in total. The highest BCUT2D eigenvalue weighted by Crippen LogP contribution is 2.25. The molecule has 0 saturated carbocycles. The third-order valence-electron chi connectivity index (χ3n) is 2.76. The van der Waals surface area contributed by atoms with E-state index in [2.05, 4.69) is 0 Å². The van der Waals surface area contributed by atoms with Crippen molar-refractivity contribution in [1.82, 2.24) is 0 Å². The SMILES string of the molecule is CC1(C)[N+](N)(N)COC[N+](N)(N)O[N+]1(N)N. The fourth-order valence-electron chi connectivity index (χ4n) is 1.16. The minimum Gasteiger partial charge on any atom is -0.270 e. The van der Waals surface area contributed by atoms with E-state index in [0.29, 0.717) is 0 Å². The molecule has 0 unspecified atom stereocenters. The average molecular weight is 240 g/mol. The summed E-state index contributed by atoms with van der Waals surface area (Å²) in [4.78, 5) is 3.15. The Balaban J connectivity index is 3.10. The molecular weight excluding hydrogens is 218 g/mol. The second kappa shape index (κ2) is 3.52. The van der Waals surface area contributed by atoms with Gasteiger partial charge >= 0.3 is 5.66 Å². The van der Waals surface area contributed by atoms with Crippen LogP contribution in [0.5, 0.6) is 0 Å². The zero-order chi connectivity index (χ0) is 12.8. The summed E-state index contributed by atoms with van der Waals surface area (Å²) in [6.45, 7) is 2.93. The summed E-state index contributed by atoms with van der Waals surface area (Å²) < 4.78 is 4.54. The van der Waals surface area contributed by atoms with Gasteiger partial charge in [-0.25, -0.2) is 0 Å². The van der Waals surface area contributed by atoms with Crippen molar-refractivity contribution in [2.24, 2.45) is 35.1 Å². The smallest absolute Gasteiger partial charge is 0.270 e. The number of quaternary nitrogens is 3. The van der Waals surface area contributed by atoms with Crippen LogP contribution >= 0.6 is 0 Å². The van der Waals surface area contributed by atoms with Crippen LogP contribution in [0.2, 0.25) is 0 Å². The maximum atomic E-state index is 5.84. The number of nitrogens with two attached hydrogens (primary N) is 6. The minimum absolute atomic E-state index is 0.0703. The molecule has 1 aliphatic rings. The Hall–Kier alpha value is -0.440. The predicted molar refractivity (Wildman–Crippen MR) is 51.9 cm³/mol. The van der Waals surface area contributed by atoms with Crippen molar-refractivity contribution in [2.45, 2.75) is 19.5 Å². The second-order valence-corrected chi connectivity index (χ2v) is 4.53. The number of rotatable bonds is 0. The third-order valence-corrected chi connectivity index (χ3v) is 2.76. The van der Waals surface area contributed by atoms with Crippen LogP contribution < -0.4 is 35.1 Å². The molecule has 0 aliphatic carbocycles. The molecule has 0 radical (unpaired) electrons. The minimum atomic E-state index is -1.14. The zero-order valence-electron chi connectivity index (χ0n) is 9.54. The molecule has 0 aromatic heterocycles. The van der Waals surface area contributed by atoms with Gasteiger partial charge in [0.2, 0.25) is 6.73 Å². The van der Waals surface area contributed by atoms with Gasteiger partial charge in [-0.15, -0.1) is 23.4 Å². The largest absolute Gasteiger partial charge is 0.328 e. The highest BCUT2D eigenvalue weighted by atomic mass is 17.0. The molecule has 96 valence electrons. The lowest BCUT2D eigenvalue weighted by Crippen LogP contribution is -2.90. The lowest BCUT2D eigenvalue weighted by atomic mass is 10.2. The molecule has 1 fully saturated rings. The van der Waals surface area contributed by atoms with E-state index < -0.39 is 20.1 Å². The summed E-state index contributed by atoms with van der Waals surface area (Å²) >= 11 is 0. The normalized spacial score (nSPS) is 31.5. The number of hydroxylamine groups is 2. The van der Waals surface area contributed by atoms with Crippen LogP contribution in [0, 0.1) is 0 Å². The van der Waals surface area contributed by atoms with E-state index in [-0.39, 0.29) is 13.5 Å². The first kappa shape index (κ1) is 13.6. The van der Waals surface area contributed by atoms with Crippen molar-refractivity contribution in [3.63, 3.8) is 0 Å². The first-order valence-electron chi connectivity index (χ1n) is 4.57. The molecular formula is C5H22N9O2+3. The quantitative estimate of drug-likeness (QED) is 0.184. The summed E-state index contributed by atoms with van der Waals surface area (Å²) in [7, 11) is 0. The van der Waals surface area contributed by atoms with Crippen molar-refractivity contribution >= 4 is 0 Å². The van der Waals surface area contributed by atoms with Gasteiger partial charge in [0.25, 0.3) is 6.73 Å². The van der Waals surface area contributed by atoms with Crippen LogP contribution in [-0.2, 0) is 9.68 Å². The Bertz CT molecular complexity index is 275. The zero-order valence-corrected chi connectivity index (χ0v) is 9.54. The molecule has 0 aromatic rings. The van der Waals surface area contributed by atoms with E-state index in [0.717, 1.165) is 0 Å². The van der Waals surface area contributed by atoms with Gasteiger partial charge in [-0.05, 0) is 0 Å². The van der Waals surface area contributed by atoms with Crippen LogP contribution in [0.3, 0.4) is 0 Å². The molecule has 1 aliphatic heterocycles. The Morgan fingerprint density at radius 1 is 0.938 bits per heavy atom. The molecule has 11 heteroatoms. The molecule has 0 amide bonds. The molecule has 1 heterocycles. The molecule has 0 aromatic carbocycles. The van der Waals surface area contributed by atoms with Gasteiger partial charge in [0, 0.05) is 4.86 Å². The number of ether oxygens (including phenoxy) is 1. The van der Waals surface area contributed by atoms with Crippen molar-refractivity contribution in [2.75, 3.05) is 13.5 Å². The van der Waals surface area contributed by atoms with Crippen LogP contribution in [0.1, 0.15) is 13.8 Å². The van der Waals surface area contributed by atoms with Crippen LogP contribution in [-0.4, -0.2) is 33.6 Å². The highest BCUT2D eigenvalue weighted by molar-refractivity contribution is 4.48. The van der Waals surface area contributed by atoms with E-state index in [1.165, 1.54) is 0 Å². The molecule has 0 bridgehead atoms. The van der Waals surface area contributed by atoms with Gasteiger partial charge < -0.3 is 0 Å². The Morgan fingerprint density at radius 3 is 1.94 bits per heavy atom. The fourth-order valence-corrected chi connectivity index (χ4v) is 1.16. The Kier molecular flexibility index (Phi) is 3.00. The van der Waals surface area contributed by atoms with E-state index in [4.69, 9.17) is 44.7 Å². The number of nitrogens with zero attached hydrogens (tertiary/aromatic N) is 3. The first-order chi connectivity index (χ1) is 6.91. The third kappa shape index (κ3) is 2.15. The topological polar surface area (TPSA) is 175 Å². The van der Waals surface area contributed by atoms with Gasteiger partial charge in [-0.2, -0.15) is 11.7 Å². The summed E-state index contributed by atoms with van der Waals surface area (Å²) in [5.41, 5.74) is -1.14. The van der Waals surface area contributed by atoms with Gasteiger partial charge in [0.15, 0.2) is 0 Å². The molecule has 1 rings (SSSR count).